The number of amides is 1. The van der Waals surface area contributed by atoms with E-state index in [0.717, 1.165) is 29.9 Å². The van der Waals surface area contributed by atoms with Crippen LogP contribution in [0.3, 0.4) is 0 Å². The molecule has 2 N–H and O–H groups in total. The number of hydrogen-bond donors (Lipinski definition) is 2. The van der Waals surface area contributed by atoms with E-state index in [1.54, 1.807) is 4.68 Å². The number of nitrogens with one attached hydrogen (secondary N) is 2. The molecule has 1 amide bonds. The van der Waals surface area contributed by atoms with E-state index in [4.69, 9.17) is 0 Å². The first-order chi connectivity index (χ1) is 11.5. The van der Waals surface area contributed by atoms with Gasteiger partial charge in [-0.3, -0.25) is 4.79 Å². The van der Waals surface area contributed by atoms with Crippen molar-refractivity contribution in [2.24, 2.45) is 0 Å². The Labute approximate surface area is 141 Å². The fourth-order valence-electron chi connectivity index (χ4n) is 3.10. The minimum atomic E-state index is -0.0765. The molecule has 2 aromatic rings. The smallest absolute Gasteiger partial charge is 0.252 e. The van der Waals surface area contributed by atoms with Crippen molar-refractivity contribution >= 4 is 11.7 Å². The van der Waals surface area contributed by atoms with E-state index in [-0.39, 0.29) is 5.91 Å². The van der Waals surface area contributed by atoms with Gasteiger partial charge in [0.25, 0.3) is 5.95 Å². The number of aryl methyl sites for hydroxylation is 3. The molecule has 7 nitrogen and oxygen atoms in total. The van der Waals surface area contributed by atoms with Gasteiger partial charge in [0.05, 0.1) is 12.2 Å². The fraction of sp³-hybridized carbons (Fsp3) is 0.529. The van der Waals surface area contributed by atoms with Crippen LogP contribution in [0, 0.1) is 20.8 Å². The second kappa shape index (κ2) is 7.09. The Kier molecular flexibility index (Phi) is 4.89. The van der Waals surface area contributed by atoms with Gasteiger partial charge in [-0.15, -0.1) is 0 Å². The molecule has 2 heterocycles. The van der Waals surface area contributed by atoms with Crippen LogP contribution >= 0.6 is 0 Å². The lowest BCUT2D eigenvalue weighted by Crippen LogP contribution is -2.34. The Hall–Kier alpha value is -2.28. The Morgan fingerprint density at radius 3 is 2.46 bits per heavy atom. The molecule has 1 saturated carbocycles. The number of nitrogens with zero attached hydrogens (tertiary/aromatic N) is 4. The average molecular weight is 328 g/mol. The van der Waals surface area contributed by atoms with Gasteiger partial charge in [-0.1, -0.05) is 12.8 Å². The lowest BCUT2D eigenvalue weighted by atomic mass is 10.2. The zero-order chi connectivity index (χ0) is 17.1. The Balaban J connectivity index is 1.72. The summed E-state index contributed by atoms with van der Waals surface area (Å²) in [6, 6.07) is 4.20. The van der Waals surface area contributed by atoms with E-state index < -0.39 is 0 Å². The summed E-state index contributed by atoms with van der Waals surface area (Å²) >= 11 is 0. The summed E-state index contributed by atoms with van der Waals surface area (Å²) in [6.07, 6.45) is 4.80. The summed E-state index contributed by atoms with van der Waals surface area (Å²) in [5.74, 6) is 0.989. The Bertz CT molecular complexity index is 712. The highest BCUT2D eigenvalue weighted by Gasteiger charge is 2.17. The quantitative estimate of drug-likeness (QED) is 0.877. The van der Waals surface area contributed by atoms with Crippen molar-refractivity contribution in [2.75, 3.05) is 11.9 Å². The summed E-state index contributed by atoms with van der Waals surface area (Å²) in [5, 5.41) is 10.6. The zero-order valence-corrected chi connectivity index (χ0v) is 14.5. The third kappa shape index (κ3) is 3.97. The van der Waals surface area contributed by atoms with Crippen LogP contribution in [0.25, 0.3) is 5.95 Å². The molecule has 1 fully saturated rings. The third-order valence-corrected chi connectivity index (χ3v) is 4.17. The zero-order valence-electron chi connectivity index (χ0n) is 14.5. The normalized spacial score (nSPS) is 15.0. The van der Waals surface area contributed by atoms with Crippen LogP contribution in [0.2, 0.25) is 0 Å². The first-order valence-corrected chi connectivity index (χ1v) is 8.44. The molecule has 0 spiro atoms. The summed E-state index contributed by atoms with van der Waals surface area (Å²) in [7, 11) is 0. The molecule has 0 unspecified atom stereocenters. The second-order valence-corrected chi connectivity index (χ2v) is 6.44. The predicted molar refractivity (Wildman–Crippen MR) is 92.3 cm³/mol. The van der Waals surface area contributed by atoms with E-state index in [1.165, 1.54) is 12.8 Å². The summed E-state index contributed by atoms with van der Waals surface area (Å²) in [5.41, 5.74) is 2.54. The Morgan fingerprint density at radius 2 is 1.79 bits per heavy atom. The average Bonchev–Trinajstić information content (AvgIpc) is 3.14. The maximum absolute atomic E-state index is 12.2. The van der Waals surface area contributed by atoms with Gasteiger partial charge in [0.2, 0.25) is 5.91 Å². The van der Waals surface area contributed by atoms with Crippen LogP contribution in [0.4, 0.5) is 5.82 Å². The van der Waals surface area contributed by atoms with E-state index in [9.17, 15) is 4.79 Å². The standard InChI is InChI=1S/C17H24N6O/c1-11-8-12(2)20-17(19-11)23-15(9-13(3)22-23)21-16(24)10-18-14-6-4-5-7-14/h8-9,14,18H,4-7,10H2,1-3H3,(H,21,24). The van der Waals surface area contributed by atoms with E-state index in [1.807, 2.05) is 32.9 Å². The van der Waals surface area contributed by atoms with Gasteiger partial charge in [-0.05, 0) is 39.7 Å². The molecule has 0 bridgehead atoms. The van der Waals surface area contributed by atoms with Gasteiger partial charge in [0.15, 0.2) is 0 Å². The van der Waals surface area contributed by atoms with Gasteiger partial charge in [-0.25, -0.2) is 9.97 Å². The monoisotopic (exact) mass is 328 g/mol. The highest BCUT2D eigenvalue weighted by Crippen LogP contribution is 2.18. The molecular weight excluding hydrogens is 304 g/mol. The minimum absolute atomic E-state index is 0.0765. The molecule has 24 heavy (non-hydrogen) atoms. The molecule has 1 aliphatic carbocycles. The number of carbonyl (C=O) groups is 1. The lowest BCUT2D eigenvalue weighted by molar-refractivity contribution is -0.115. The van der Waals surface area contributed by atoms with Gasteiger partial charge < -0.3 is 10.6 Å². The Morgan fingerprint density at radius 1 is 1.12 bits per heavy atom. The van der Waals surface area contributed by atoms with Crippen LogP contribution in [0.5, 0.6) is 0 Å². The molecular formula is C17H24N6O. The summed E-state index contributed by atoms with van der Waals surface area (Å²) in [4.78, 5) is 21.1. The van der Waals surface area contributed by atoms with Crippen molar-refractivity contribution in [2.45, 2.75) is 52.5 Å². The van der Waals surface area contributed by atoms with E-state index in [0.29, 0.717) is 24.4 Å². The van der Waals surface area contributed by atoms with Crippen LogP contribution < -0.4 is 10.6 Å². The number of hydrogen-bond acceptors (Lipinski definition) is 5. The van der Waals surface area contributed by atoms with Crippen molar-refractivity contribution in [3.63, 3.8) is 0 Å². The van der Waals surface area contributed by atoms with Crippen molar-refractivity contribution < 1.29 is 4.79 Å². The molecule has 128 valence electrons. The SMILES string of the molecule is Cc1cc(C)nc(-n2nc(C)cc2NC(=O)CNC2CCCC2)n1. The molecule has 7 heteroatoms. The van der Waals surface area contributed by atoms with Crippen LogP contribution in [-0.2, 0) is 4.79 Å². The first kappa shape index (κ1) is 16.6. The van der Waals surface area contributed by atoms with Crippen molar-refractivity contribution in [1.82, 2.24) is 25.1 Å². The third-order valence-electron chi connectivity index (χ3n) is 4.17. The van der Waals surface area contributed by atoms with Gasteiger partial charge in [0.1, 0.15) is 5.82 Å². The second-order valence-electron chi connectivity index (χ2n) is 6.44. The topological polar surface area (TPSA) is 84.7 Å². The van der Waals surface area contributed by atoms with Gasteiger partial charge in [0, 0.05) is 23.5 Å². The van der Waals surface area contributed by atoms with Gasteiger partial charge in [-0.2, -0.15) is 9.78 Å². The van der Waals surface area contributed by atoms with Crippen molar-refractivity contribution in [1.29, 1.82) is 0 Å². The maximum atomic E-state index is 12.2. The molecule has 1 aliphatic rings. The molecule has 0 atom stereocenters. The largest absolute Gasteiger partial charge is 0.309 e. The minimum Gasteiger partial charge on any atom is -0.309 e. The van der Waals surface area contributed by atoms with E-state index >= 15 is 0 Å². The molecule has 0 radical (unpaired) electrons. The van der Waals surface area contributed by atoms with Crippen LogP contribution in [0.1, 0.15) is 42.8 Å². The fourth-order valence-corrected chi connectivity index (χ4v) is 3.10. The lowest BCUT2D eigenvalue weighted by Gasteiger charge is -2.12. The van der Waals surface area contributed by atoms with Crippen molar-refractivity contribution in [3.05, 3.63) is 29.2 Å². The highest BCUT2D eigenvalue weighted by molar-refractivity contribution is 5.91. The molecule has 3 rings (SSSR count). The number of carbonyl (C=O) groups excluding carboxylic acids is 1. The summed E-state index contributed by atoms with van der Waals surface area (Å²) in [6.45, 7) is 6.02. The first-order valence-electron chi connectivity index (χ1n) is 8.44. The molecule has 0 aromatic carbocycles. The molecule has 2 aromatic heterocycles. The van der Waals surface area contributed by atoms with E-state index in [2.05, 4.69) is 25.7 Å². The highest BCUT2D eigenvalue weighted by atomic mass is 16.2. The summed E-state index contributed by atoms with van der Waals surface area (Å²) < 4.78 is 1.59. The van der Waals surface area contributed by atoms with Crippen LogP contribution in [0.15, 0.2) is 12.1 Å². The number of rotatable bonds is 5. The predicted octanol–water partition coefficient (Wildman–Crippen LogP) is 2.06. The maximum Gasteiger partial charge on any atom is 0.252 e. The number of anilines is 1. The molecule has 0 aliphatic heterocycles. The van der Waals surface area contributed by atoms with Crippen LogP contribution in [-0.4, -0.2) is 38.2 Å². The van der Waals surface area contributed by atoms with Crippen molar-refractivity contribution in [3.8, 4) is 5.95 Å². The number of aromatic nitrogens is 4. The van der Waals surface area contributed by atoms with Gasteiger partial charge >= 0.3 is 0 Å². The molecule has 0 saturated heterocycles.